The Balaban J connectivity index is 0.00000304. The third-order valence-corrected chi connectivity index (χ3v) is 9.34. The molecule has 0 spiro atoms. The molecule has 2 aliphatic heterocycles. The van der Waals surface area contributed by atoms with Crippen LogP contribution in [-0.4, -0.2) is 43.1 Å². The van der Waals surface area contributed by atoms with Gasteiger partial charge in [-0.2, -0.15) is 0 Å². The number of halogens is 3. The van der Waals surface area contributed by atoms with E-state index in [1.165, 1.54) is 56.0 Å². The number of piperidine rings is 1. The van der Waals surface area contributed by atoms with Gasteiger partial charge in [0.1, 0.15) is 11.5 Å². The molecular formula is C29H37Br2IN2O2. The van der Waals surface area contributed by atoms with Crippen molar-refractivity contribution in [2.24, 2.45) is 5.92 Å². The van der Waals surface area contributed by atoms with Crippen LogP contribution >= 0.6 is 31.9 Å². The van der Waals surface area contributed by atoms with E-state index < -0.39 is 0 Å². The van der Waals surface area contributed by atoms with Crippen LogP contribution in [0.2, 0.25) is 0 Å². The maximum atomic E-state index is 13.8. The summed E-state index contributed by atoms with van der Waals surface area (Å²) in [5.74, 6) is 2.10. The van der Waals surface area contributed by atoms with Gasteiger partial charge in [-0.05, 0) is 49.2 Å². The number of carbonyl (C=O) groups is 1. The Kier molecular flexibility index (Phi) is 9.83. The number of quaternary nitrogens is 1. The minimum Gasteiger partial charge on any atom is -1.00 e. The molecule has 2 heterocycles. The molecule has 1 N–H and O–H groups in total. The zero-order valence-electron chi connectivity index (χ0n) is 21.1. The standard InChI is InChI=1S/C29H36Br2N2O2.HI/c1-33(19-20-7-5-3-2-4-6-8-20)15-13-23(14-16-33)32-29(34)28-24-17-21(30)9-11-26(24)35-27-12-10-22(31)18-25(27)28;/h9-12,17-18,20,23,28H,2-8,13-16,19H2,1H3;1H. The zero-order chi connectivity index (χ0) is 24.4. The molecule has 5 rings (SSSR count). The fourth-order valence-electron chi connectivity index (χ4n) is 6.39. The number of carbonyl (C=O) groups excluding carboxylic acids is 1. The fraction of sp³-hybridized carbons (Fsp3) is 0.552. The van der Waals surface area contributed by atoms with Gasteiger partial charge in [0.2, 0.25) is 5.91 Å². The number of fused-ring (bicyclic) bond motifs is 2. The van der Waals surface area contributed by atoms with E-state index in [4.69, 9.17) is 4.74 Å². The molecule has 7 heteroatoms. The van der Waals surface area contributed by atoms with Crippen LogP contribution in [-0.2, 0) is 4.79 Å². The van der Waals surface area contributed by atoms with Crippen LogP contribution in [0.4, 0.5) is 0 Å². The Morgan fingerprint density at radius 1 is 0.889 bits per heavy atom. The fourth-order valence-corrected chi connectivity index (χ4v) is 7.15. The number of likely N-dealkylation sites (tertiary alicyclic amines) is 1. The number of nitrogens with one attached hydrogen (secondary N) is 1. The predicted octanol–water partition coefficient (Wildman–Crippen LogP) is 4.54. The third kappa shape index (κ3) is 6.67. The van der Waals surface area contributed by atoms with Gasteiger partial charge in [0.05, 0.1) is 32.6 Å². The minimum absolute atomic E-state index is 0. The highest BCUT2D eigenvalue weighted by Crippen LogP contribution is 2.46. The van der Waals surface area contributed by atoms with Crippen molar-refractivity contribution in [1.29, 1.82) is 0 Å². The molecule has 196 valence electrons. The number of hydrogen-bond acceptors (Lipinski definition) is 2. The second kappa shape index (κ2) is 12.5. The lowest BCUT2D eigenvalue weighted by Gasteiger charge is -2.43. The molecular weight excluding hydrogens is 695 g/mol. The van der Waals surface area contributed by atoms with E-state index in [1.54, 1.807) is 0 Å². The van der Waals surface area contributed by atoms with Gasteiger partial charge in [-0.25, -0.2) is 0 Å². The summed E-state index contributed by atoms with van der Waals surface area (Å²) in [6.45, 7) is 3.61. The molecule has 36 heavy (non-hydrogen) atoms. The lowest BCUT2D eigenvalue weighted by molar-refractivity contribution is -0.917. The highest BCUT2D eigenvalue weighted by molar-refractivity contribution is 9.10. The summed E-state index contributed by atoms with van der Waals surface area (Å²) in [6.07, 6.45) is 12.0. The van der Waals surface area contributed by atoms with Crippen LogP contribution < -0.4 is 34.0 Å². The quantitative estimate of drug-likeness (QED) is 0.371. The van der Waals surface area contributed by atoms with Gasteiger partial charge in [-0.1, -0.05) is 64.0 Å². The summed E-state index contributed by atoms with van der Waals surface area (Å²) >= 11 is 7.17. The number of nitrogens with zero attached hydrogens (tertiary/aromatic N) is 1. The summed E-state index contributed by atoms with van der Waals surface area (Å²) < 4.78 is 9.23. The topological polar surface area (TPSA) is 38.3 Å². The second-order valence-electron chi connectivity index (χ2n) is 11.1. The molecule has 2 fully saturated rings. The molecule has 1 saturated heterocycles. The lowest BCUT2D eigenvalue weighted by Crippen LogP contribution is -3.00. The van der Waals surface area contributed by atoms with E-state index in [-0.39, 0.29) is 41.8 Å². The summed E-state index contributed by atoms with van der Waals surface area (Å²) in [6, 6.07) is 12.1. The summed E-state index contributed by atoms with van der Waals surface area (Å²) in [5, 5.41) is 3.43. The molecule has 1 aliphatic carbocycles. The summed E-state index contributed by atoms with van der Waals surface area (Å²) in [4.78, 5) is 13.8. The van der Waals surface area contributed by atoms with E-state index in [0.29, 0.717) is 0 Å². The van der Waals surface area contributed by atoms with Crippen molar-refractivity contribution in [3.63, 3.8) is 0 Å². The molecule has 1 saturated carbocycles. The third-order valence-electron chi connectivity index (χ3n) is 8.35. The molecule has 1 amide bonds. The van der Waals surface area contributed by atoms with Crippen molar-refractivity contribution in [1.82, 2.24) is 5.32 Å². The Bertz CT molecular complexity index is 1010. The van der Waals surface area contributed by atoms with Gasteiger partial charge in [-0.15, -0.1) is 0 Å². The van der Waals surface area contributed by atoms with Crippen LogP contribution in [0, 0.1) is 5.92 Å². The Labute approximate surface area is 249 Å². The molecule has 0 bridgehead atoms. The normalized spacial score (nSPS) is 24.8. The van der Waals surface area contributed by atoms with Crippen molar-refractivity contribution in [3.8, 4) is 11.5 Å². The summed E-state index contributed by atoms with van der Waals surface area (Å²) in [7, 11) is 2.44. The largest absolute Gasteiger partial charge is 1.00 e. The molecule has 0 unspecified atom stereocenters. The first-order valence-corrected chi connectivity index (χ1v) is 14.9. The average molecular weight is 732 g/mol. The molecule has 4 nitrogen and oxygen atoms in total. The first-order chi connectivity index (χ1) is 16.9. The van der Waals surface area contributed by atoms with Gasteiger partial charge < -0.3 is 38.5 Å². The summed E-state index contributed by atoms with van der Waals surface area (Å²) in [5.41, 5.74) is 1.84. The molecule has 2 aromatic rings. The number of benzene rings is 2. The highest BCUT2D eigenvalue weighted by atomic mass is 127. The van der Waals surface area contributed by atoms with Gasteiger partial charge >= 0.3 is 0 Å². The first kappa shape index (κ1) is 28.4. The van der Waals surface area contributed by atoms with Crippen LogP contribution in [0.1, 0.15) is 74.8 Å². The number of hydrogen-bond donors (Lipinski definition) is 1. The van der Waals surface area contributed by atoms with Crippen LogP contribution in [0.5, 0.6) is 11.5 Å². The van der Waals surface area contributed by atoms with Crippen molar-refractivity contribution < 1.29 is 38.0 Å². The first-order valence-electron chi connectivity index (χ1n) is 13.3. The average Bonchev–Trinajstić information content (AvgIpc) is 2.81. The maximum Gasteiger partial charge on any atom is 0.232 e. The van der Waals surface area contributed by atoms with Gasteiger partial charge in [0.15, 0.2) is 0 Å². The number of ether oxygens (including phenoxy) is 1. The zero-order valence-corrected chi connectivity index (χ0v) is 26.4. The lowest BCUT2D eigenvalue weighted by atomic mass is 9.86. The van der Waals surface area contributed by atoms with Gasteiger partial charge in [-0.3, -0.25) is 4.79 Å². The van der Waals surface area contributed by atoms with Gasteiger partial charge in [0.25, 0.3) is 0 Å². The van der Waals surface area contributed by atoms with Crippen molar-refractivity contribution in [3.05, 3.63) is 56.5 Å². The Hall–Kier alpha value is -0.640. The van der Waals surface area contributed by atoms with E-state index in [2.05, 4.69) is 44.2 Å². The highest BCUT2D eigenvalue weighted by Gasteiger charge is 2.37. The van der Waals surface area contributed by atoms with Crippen molar-refractivity contribution in [2.75, 3.05) is 26.7 Å². The number of amides is 1. The maximum absolute atomic E-state index is 13.8. The van der Waals surface area contributed by atoms with E-state index in [1.807, 2.05) is 36.4 Å². The van der Waals surface area contributed by atoms with Crippen molar-refractivity contribution in [2.45, 2.75) is 69.7 Å². The van der Waals surface area contributed by atoms with Crippen LogP contribution in [0.3, 0.4) is 0 Å². The molecule has 0 aromatic heterocycles. The predicted molar refractivity (Wildman–Crippen MR) is 148 cm³/mol. The monoisotopic (exact) mass is 730 g/mol. The van der Waals surface area contributed by atoms with Crippen molar-refractivity contribution >= 4 is 37.8 Å². The second-order valence-corrected chi connectivity index (χ2v) is 13.0. The SMILES string of the molecule is C[N+]1(CC2CCCCCCC2)CCC(NC(=O)C2c3cc(Br)ccc3Oc3ccc(Br)cc32)CC1.[I-]. The molecule has 3 aliphatic rings. The van der Waals surface area contributed by atoms with Crippen LogP contribution in [0.15, 0.2) is 45.3 Å². The molecule has 0 atom stereocenters. The molecule has 2 aromatic carbocycles. The Morgan fingerprint density at radius 2 is 1.42 bits per heavy atom. The minimum atomic E-state index is -0.374. The smallest absolute Gasteiger partial charge is 0.232 e. The van der Waals surface area contributed by atoms with E-state index in [9.17, 15) is 4.79 Å². The number of rotatable bonds is 4. The van der Waals surface area contributed by atoms with Gasteiger partial charge in [0, 0.05) is 44.9 Å². The van der Waals surface area contributed by atoms with E-state index >= 15 is 0 Å². The van der Waals surface area contributed by atoms with Crippen LogP contribution in [0.25, 0.3) is 0 Å². The Morgan fingerprint density at radius 3 is 1.97 bits per heavy atom. The van der Waals surface area contributed by atoms with E-state index in [0.717, 1.165) is 63.4 Å². The molecule has 0 radical (unpaired) electrons.